The molecule has 0 radical (unpaired) electrons. The lowest BCUT2D eigenvalue weighted by Crippen LogP contribution is -2.34. The van der Waals surface area contributed by atoms with Crippen molar-refractivity contribution in [3.63, 3.8) is 0 Å². The van der Waals surface area contributed by atoms with E-state index in [1.165, 1.54) is 11.1 Å². The van der Waals surface area contributed by atoms with Crippen LogP contribution < -0.4 is 16.4 Å². The number of rotatable bonds is 7. The maximum atomic E-state index is 12.4. The number of aryl methyl sites for hydroxylation is 1. The highest BCUT2D eigenvalue weighted by Crippen LogP contribution is 2.23. The molecule has 4 N–H and O–H groups in total. The van der Waals surface area contributed by atoms with E-state index in [0.29, 0.717) is 11.1 Å². The third kappa shape index (κ3) is 4.06. The van der Waals surface area contributed by atoms with Crippen molar-refractivity contribution < 1.29 is 14.4 Å². The van der Waals surface area contributed by atoms with E-state index < -0.39 is 5.91 Å². The summed E-state index contributed by atoms with van der Waals surface area (Å²) < 4.78 is 0. The first-order chi connectivity index (χ1) is 14.9. The molecule has 0 saturated carbocycles. The monoisotopic (exact) mass is 416 g/mol. The number of nitrogens with one attached hydrogen (secondary N) is 2. The average Bonchev–Trinajstić information content (AvgIpc) is 2.99. The maximum Gasteiger partial charge on any atom is 0.261 e. The molecule has 2 heterocycles. The first kappa shape index (κ1) is 20.0. The van der Waals surface area contributed by atoms with E-state index in [1.54, 1.807) is 24.3 Å². The van der Waals surface area contributed by atoms with Gasteiger partial charge in [0, 0.05) is 25.0 Å². The molecule has 1 aliphatic rings. The molecule has 0 atom stereocenters. The van der Waals surface area contributed by atoms with Crippen LogP contribution in [0.3, 0.4) is 0 Å². The molecule has 1 aromatic heterocycles. The van der Waals surface area contributed by atoms with Crippen LogP contribution in [0.25, 0.3) is 0 Å². The Morgan fingerprint density at radius 2 is 1.77 bits per heavy atom. The average molecular weight is 416 g/mol. The summed E-state index contributed by atoms with van der Waals surface area (Å²) in [6, 6.07) is 14.3. The van der Waals surface area contributed by atoms with Gasteiger partial charge in [-0.3, -0.25) is 19.3 Å². The molecule has 3 aromatic rings. The number of benzene rings is 2. The van der Waals surface area contributed by atoms with Gasteiger partial charge in [-0.2, -0.15) is 4.98 Å². The van der Waals surface area contributed by atoms with E-state index in [9.17, 15) is 14.4 Å². The molecular weight excluding hydrogens is 396 g/mol. The van der Waals surface area contributed by atoms with Crippen molar-refractivity contribution in [3.05, 3.63) is 77.0 Å². The first-order valence-corrected chi connectivity index (χ1v) is 9.63. The third-order valence-electron chi connectivity index (χ3n) is 4.83. The summed E-state index contributed by atoms with van der Waals surface area (Å²) in [5.74, 6) is -0.816. The van der Waals surface area contributed by atoms with Crippen molar-refractivity contribution in [1.29, 1.82) is 0 Å². The number of anilines is 3. The minimum Gasteiger partial charge on any atom is -0.365 e. The minimum absolute atomic E-state index is 0.146. The SMILES string of the molecule is Cc1cccc(Nc2nc(NCCN3C(=O)c4ccccc4C3=O)ncc2C(N)=O)c1. The summed E-state index contributed by atoms with van der Waals surface area (Å²) in [7, 11) is 0. The number of hydrogen-bond donors (Lipinski definition) is 3. The lowest BCUT2D eigenvalue weighted by atomic mass is 10.1. The van der Waals surface area contributed by atoms with Crippen LogP contribution in [0.5, 0.6) is 0 Å². The number of carbonyl (C=O) groups is 3. The molecule has 0 saturated heterocycles. The zero-order chi connectivity index (χ0) is 22.0. The Labute approximate surface area is 178 Å². The summed E-state index contributed by atoms with van der Waals surface area (Å²) >= 11 is 0. The molecule has 0 aliphatic carbocycles. The zero-order valence-electron chi connectivity index (χ0n) is 16.8. The Balaban J connectivity index is 1.46. The number of nitrogens with zero attached hydrogens (tertiary/aromatic N) is 3. The number of hydrogen-bond acceptors (Lipinski definition) is 7. The van der Waals surface area contributed by atoms with Crippen molar-refractivity contribution >= 4 is 35.2 Å². The van der Waals surface area contributed by atoms with Crippen molar-refractivity contribution in [3.8, 4) is 0 Å². The molecule has 9 heteroatoms. The van der Waals surface area contributed by atoms with Gasteiger partial charge in [-0.05, 0) is 36.8 Å². The topological polar surface area (TPSA) is 130 Å². The molecule has 9 nitrogen and oxygen atoms in total. The number of carbonyl (C=O) groups excluding carboxylic acids is 3. The summed E-state index contributed by atoms with van der Waals surface area (Å²) in [5.41, 5.74) is 8.18. The van der Waals surface area contributed by atoms with E-state index in [0.717, 1.165) is 11.3 Å². The molecule has 0 fully saturated rings. The predicted molar refractivity (Wildman–Crippen MR) is 115 cm³/mol. The quantitative estimate of drug-likeness (QED) is 0.504. The Morgan fingerprint density at radius 1 is 1.06 bits per heavy atom. The molecular formula is C22H20N6O3. The molecule has 0 unspecified atom stereocenters. The van der Waals surface area contributed by atoms with Gasteiger partial charge < -0.3 is 16.4 Å². The Bertz CT molecular complexity index is 1160. The van der Waals surface area contributed by atoms with Crippen LogP contribution in [-0.2, 0) is 0 Å². The summed E-state index contributed by atoms with van der Waals surface area (Å²) in [5, 5.41) is 6.06. The smallest absolute Gasteiger partial charge is 0.261 e. The predicted octanol–water partition coefficient (Wildman–Crippen LogP) is 2.34. The lowest BCUT2D eigenvalue weighted by molar-refractivity contribution is 0.0660. The van der Waals surface area contributed by atoms with Crippen LogP contribution >= 0.6 is 0 Å². The fourth-order valence-corrected chi connectivity index (χ4v) is 3.32. The van der Waals surface area contributed by atoms with E-state index in [4.69, 9.17) is 5.73 Å². The second-order valence-corrected chi connectivity index (χ2v) is 7.05. The molecule has 1 aliphatic heterocycles. The Kier molecular flexibility index (Phi) is 5.31. The van der Waals surface area contributed by atoms with Crippen LogP contribution in [0, 0.1) is 6.92 Å². The maximum absolute atomic E-state index is 12.4. The second-order valence-electron chi connectivity index (χ2n) is 7.05. The van der Waals surface area contributed by atoms with Gasteiger partial charge in [0.2, 0.25) is 5.95 Å². The van der Waals surface area contributed by atoms with Crippen molar-refractivity contribution in [2.75, 3.05) is 23.7 Å². The van der Waals surface area contributed by atoms with Gasteiger partial charge in [0.05, 0.1) is 11.1 Å². The van der Waals surface area contributed by atoms with Crippen molar-refractivity contribution in [1.82, 2.24) is 14.9 Å². The highest BCUT2D eigenvalue weighted by molar-refractivity contribution is 6.21. The molecule has 156 valence electrons. The van der Waals surface area contributed by atoms with Gasteiger partial charge >= 0.3 is 0 Å². The van der Waals surface area contributed by atoms with Gasteiger partial charge in [-0.1, -0.05) is 24.3 Å². The van der Waals surface area contributed by atoms with E-state index in [2.05, 4.69) is 20.6 Å². The summed E-state index contributed by atoms with van der Waals surface area (Å²) in [4.78, 5) is 46.3. The van der Waals surface area contributed by atoms with Crippen LogP contribution in [0.1, 0.15) is 36.6 Å². The van der Waals surface area contributed by atoms with E-state index in [1.807, 2.05) is 31.2 Å². The third-order valence-corrected chi connectivity index (χ3v) is 4.83. The molecule has 31 heavy (non-hydrogen) atoms. The summed E-state index contributed by atoms with van der Waals surface area (Å²) in [6.07, 6.45) is 1.33. The van der Waals surface area contributed by atoms with Gasteiger partial charge in [0.25, 0.3) is 17.7 Å². The molecule has 4 rings (SSSR count). The number of amides is 3. The summed E-state index contributed by atoms with van der Waals surface area (Å²) in [6.45, 7) is 2.34. The fourth-order valence-electron chi connectivity index (χ4n) is 3.32. The van der Waals surface area contributed by atoms with Crippen molar-refractivity contribution in [2.24, 2.45) is 5.73 Å². The van der Waals surface area contributed by atoms with E-state index >= 15 is 0 Å². The molecule has 3 amide bonds. The van der Waals surface area contributed by atoms with E-state index in [-0.39, 0.29) is 42.2 Å². The Morgan fingerprint density at radius 3 is 2.42 bits per heavy atom. The van der Waals surface area contributed by atoms with Gasteiger partial charge in [-0.25, -0.2) is 4.98 Å². The van der Waals surface area contributed by atoms with Crippen LogP contribution in [0.2, 0.25) is 0 Å². The Hall–Kier alpha value is -4.27. The number of primary amides is 1. The lowest BCUT2D eigenvalue weighted by Gasteiger charge is -2.15. The standard InChI is InChI=1S/C22H20N6O3/c1-13-5-4-6-14(11-13)26-19-17(18(23)29)12-25-22(27-19)24-9-10-28-20(30)15-7-2-3-8-16(15)21(28)31/h2-8,11-12H,9-10H2,1H3,(H2,23,29)(H2,24,25,26,27). The largest absolute Gasteiger partial charge is 0.365 e. The first-order valence-electron chi connectivity index (χ1n) is 9.63. The zero-order valence-corrected chi connectivity index (χ0v) is 16.8. The number of imide groups is 1. The van der Waals surface area contributed by atoms with Crippen LogP contribution in [0.15, 0.2) is 54.7 Å². The van der Waals surface area contributed by atoms with Gasteiger partial charge in [-0.15, -0.1) is 0 Å². The number of aromatic nitrogens is 2. The molecule has 0 spiro atoms. The number of nitrogens with two attached hydrogens (primary N) is 1. The fraction of sp³-hybridized carbons (Fsp3) is 0.136. The molecule has 0 bridgehead atoms. The van der Waals surface area contributed by atoms with Gasteiger partial charge in [0.1, 0.15) is 11.4 Å². The minimum atomic E-state index is -0.660. The van der Waals surface area contributed by atoms with Crippen molar-refractivity contribution in [2.45, 2.75) is 6.92 Å². The highest BCUT2D eigenvalue weighted by atomic mass is 16.2. The normalized spacial score (nSPS) is 12.6. The second kappa shape index (κ2) is 8.23. The molecule has 2 aromatic carbocycles. The highest BCUT2D eigenvalue weighted by Gasteiger charge is 2.34. The van der Waals surface area contributed by atoms with Gasteiger partial charge in [0.15, 0.2) is 0 Å². The van der Waals surface area contributed by atoms with Crippen LogP contribution in [-0.4, -0.2) is 45.7 Å². The van der Waals surface area contributed by atoms with Crippen LogP contribution in [0.4, 0.5) is 17.5 Å². The number of fused-ring (bicyclic) bond motifs is 1.